The largest absolute Gasteiger partial charge is 0.548 e. The number of hydrogen-bond donors (Lipinski definition) is 0. The predicted molar refractivity (Wildman–Crippen MR) is 194 cm³/mol. The van der Waals surface area contributed by atoms with E-state index in [1.54, 1.807) is 36.4 Å². The van der Waals surface area contributed by atoms with Gasteiger partial charge in [0, 0.05) is 28.2 Å². The van der Waals surface area contributed by atoms with Gasteiger partial charge in [-0.2, -0.15) is 0 Å². The molecule has 0 aliphatic rings. The van der Waals surface area contributed by atoms with Crippen LogP contribution in [0.15, 0.2) is 115 Å². The molecule has 1 unspecified atom stereocenters. The van der Waals surface area contributed by atoms with E-state index in [0.717, 1.165) is 38.9 Å². The van der Waals surface area contributed by atoms with Gasteiger partial charge in [-0.15, -0.1) is 4.52 Å². The fourth-order valence-electron chi connectivity index (χ4n) is 5.92. The number of ketones is 1. The summed E-state index contributed by atoms with van der Waals surface area (Å²) in [4.78, 5) is 25.9. The van der Waals surface area contributed by atoms with Gasteiger partial charge in [0.2, 0.25) is 18.0 Å². The molecule has 240 valence electrons. The standard InChI is InChI=1S/C22H21O2P.C18H20O3P/c1-16-14-17(2)21(18(3)15-16)22(23)25(24,19-10-6-4-7-11-19)20-12-8-5-9-13-20;1-13-11-14(2)18(15(3)12-13)17(19)9-10-21-22(20)16-7-5-4-6-8-16/h4-15H,1-3H3;4-8,11-12H,9-10H2,1-3H3/q;+1. The van der Waals surface area contributed by atoms with Crippen molar-refractivity contribution >= 4 is 42.4 Å². The molecule has 0 radical (unpaired) electrons. The lowest BCUT2D eigenvalue weighted by molar-refractivity contribution is 0.0963. The van der Waals surface area contributed by atoms with Gasteiger partial charge in [0.25, 0.3) is 0 Å². The van der Waals surface area contributed by atoms with Gasteiger partial charge in [0.15, 0.2) is 5.78 Å². The molecule has 0 aliphatic heterocycles. The summed E-state index contributed by atoms with van der Waals surface area (Å²) in [5.41, 5.74) is 6.98. The van der Waals surface area contributed by atoms with Gasteiger partial charge < -0.3 is 4.57 Å². The first kappa shape index (κ1) is 35.6. The summed E-state index contributed by atoms with van der Waals surface area (Å²) in [6.45, 7) is 11.9. The molecule has 0 spiro atoms. The van der Waals surface area contributed by atoms with E-state index in [1.165, 1.54) is 0 Å². The SMILES string of the molecule is Cc1cc(C)c(C(=O)CCO[P+](=O)c2ccccc2)c(C)c1.Cc1cc(C)c(C(=O)P(=O)(c2ccccc2)c2ccccc2)c(C)c1. The molecule has 5 nitrogen and oxygen atoms in total. The molecule has 1 atom stereocenters. The number of hydrogen-bond acceptors (Lipinski definition) is 5. The zero-order valence-electron chi connectivity index (χ0n) is 27.8. The lowest BCUT2D eigenvalue weighted by atomic mass is 9.95. The molecule has 5 rings (SSSR count). The van der Waals surface area contributed by atoms with Crippen LogP contribution in [-0.4, -0.2) is 17.9 Å². The van der Waals surface area contributed by atoms with Crippen LogP contribution in [-0.2, 0) is 13.7 Å². The van der Waals surface area contributed by atoms with Gasteiger partial charge in [0.1, 0.15) is 6.61 Å². The summed E-state index contributed by atoms with van der Waals surface area (Å²) in [6.07, 6.45) is 0.235. The van der Waals surface area contributed by atoms with Gasteiger partial charge in [-0.25, -0.2) is 0 Å². The van der Waals surface area contributed by atoms with Gasteiger partial charge in [0.05, 0.1) is 0 Å². The molecule has 0 aromatic heterocycles. The molecular weight excluding hydrogens is 622 g/mol. The monoisotopic (exact) mass is 663 g/mol. The Morgan fingerprint density at radius 2 is 0.979 bits per heavy atom. The average Bonchev–Trinajstić information content (AvgIpc) is 3.05. The van der Waals surface area contributed by atoms with E-state index in [1.807, 2.05) is 120 Å². The minimum atomic E-state index is -3.44. The first-order valence-electron chi connectivity index (χ1n) is 15.5. The van der Waals surface area contributed by atoms with Crippen LogP contribution in [0.3, 0.4) is 0 Å². The molecule has 5 aromatic carbocycles. The number of benzene rings is 5. The Balaban J connectivity index is 0.000000215. The second-order valence-corrected chi connectivity index (χ2v) is 15.7. The van der Waals surface area contributed by atoms with Gasteiger partial charge in [-0.05, 0) is 80.5 Å². The molecule has 0 bridgehead atoms. The summed E-state index contributed by atoms with van der Waals surface area (Å²) in [6, 6.07) is 35.1. The number of carbonyl (C=O) groups excluding carboxylic acids is 2. The first-order valence-corrected chi connectivity index (χ1v) is 18.4. The van der Waals surface area contributed by atoms with Crippen molar-refractivity contribution in [2.24, 2.45) is 0 Å². The quantitative estimate of drug-likeness (QED) is 0.110. The smallest absolute Gasteiger partial charge is 0.305 e. The second-order valence-electron chi connectivity index (χ2n) is 11.7. The van der Waals surface area contributed by atoms with E-state index in [9.17, 15) is 18.7 Å². The summed E-state index contributed by atoms with van der Waals surface area (Å²) in [5.74, 6) is 0.0338. The maximum atomic E-state index is 14.2. The molecule has 0 aliphatic carbocycles. The van der Waals surface area contributed by atoms with Crippen molar-refractivity contribution < 1.29 is 23.2 Å². The summed E-state index contributed by atoms with van der Waals surface area (Å²) >= 11 is 0. The van der Waals surface area contributed by atoms with Crippen molar-refractivity contribution in [3.8, 4) is 0 Å². The van der Waals surface area contributed by atoms with Crippen LogP contribution in [0.1, 0.15) is 60.5 Å². The van der Waals surface area contributed by atoms with Crippen LogP contribution in [0.5, 0.6) is 0 Å². The Hall–Kier alpha value is -4.27. The van der Waals surface area contributed by atoms with Gasteiger partial charge >= 0.3 is 8.03 Å². The highest BCUT2D eigenvalue weighted by atomic mass is 31.2. The van der Waals surface area contributed by atoms with Crippen molar-refractivity contribution in [2.45, 2.75) is 48.0 Å². The molecule has 5 aromatic rings. The van der Waals surface area contributed by atoms with E-state index in [2.05, 4.69) is 0 Å². The molecular formula is C40H41O5P2+. The third-order valence-corrected chi connectivity index (χ3v) is 11.9. The normalized spacial score (nSPS) is 11.3. The van der Waals surface area contributed by atoms with E-state index in [0.29, 0.717) is 21.5 Å². The van der Waals surface area contributed by atoms with Gasteiger partial charge in [-0.3, -0.25) is 9.59 Å². The highest BCUT2D eigenvalue weighted by molar-refractivity contribution is 7.93. The van der Waals surface area contributed by atoms with Crippen molar-refractivity contribution in [3.63, 3.8) is 0 Å². The number of aryl methyl sites for hydroxylation is 6. The molecule has 7 heteroatoms. The molecule has 0 fully saturated rings. The Bertz CT molecular complexity index is 1840. The molecule has 0 N–H and O–H groups in total. The lowest BCUT2D eigenvalue weighted by Gasteiger charge is -2.20. The summed E-state index contributed by atoms with van der Waals surface area (Å²) in [7, 11) is -5.34. The minimum Gasteiger partial charge on any atom is -0.305 e. The van der Waals surface area contributed by atoms with Crippen LogP contribution in [0.2, 0.25) is 0 Å². The number of Topliss-reactive ketones (excluding diaryl/α,β-unsaturated/α-hetero) is 1. The van der Waals surface area contributed by atoms with E-state index in [-0.39, 0.29) is 24.3 Å². The molecule has 0 heterocycles. The van der Waals surface area contributed by atoms with Crippen molar-refractivity contribution in [2.75, 3.05) is 6.61 Å². The fraction of sp³-hybridized carbons (Fsp3) is 0.200. The zero-order valence-corrected chi connectivity index (χ0v) is 29.6. The molecule has 0 amide bonds. The van der Waals surface area contributed by atoms with E-state index >= 15 is 0 Å². The van der Waals surface area contributed by atoms with Crippen molar-refractivity contribution in [1.29, 1.82) is 0 Å². The van der Waals surface area contributed by atoms with Crippen LogP contribution in [0, 0.1) is 41.5 Å². The van der Waals surface area contributed by atoms with Gasteiger partial charge in [-0.1, -0.05) is 114 Å². The van der Waals surface area contributed by atoms with E-state index in [4.69, 9.17) is 4.52 Å². The third-order valence-electron chi connectivity index (χ3n) is 7.88. The summed E-state index contributed by atoms with van der Waals surface area (Å²) < 4.78 is 31.4. The second kappa shape index (κ2) is 16.0. The van der Waals surface area contributed by atoms with Crippen molar-refractivity contribution in [3.05, 3.63) is 160 Å². The van der Waals surface area contributed by atoms with Crippen LogP contribution < -0.4 is 15.9 Å². The minimum absolute atomic E-state index is 0.0338. The maximum Gasteiger partial charge on any atom is 0.548 e. The predicted octanol–water partition coefficient (Wildman–Crippen LogP) is 9.04. The number of rotatable bonds is 10. The highest BCUT2D eigenvalue weighted by Crippen LogP contribution is 2.48. The Morgan fingerprint density at radius 3 is 1.40 bits per heavy atom. The molecule has 0 saturated heterocycles. The Morgan fingerprint density at radius 1 is 0.596 bits per heavy atom. The molecule has 0 saturated carbocycles. The van der Waals surface area contributed by atoms with Crippen molar-refractivity contribution in [1.82, 2.24) is 0 Å². The lowest BCUT2D eigenvalue weighted by Crippen LogP contribution is -2.23. The van der Waals surface area contributed by atoms with E-state index < -0.39 is 15.2 Å². The first-order chi connectivity index (χ1) is 22.4. The topological polar surface area (TPSA) is 77.5 Å². The highest BCUT2D eigenvalue weighted by Gasteiger charge is 2.37. The zero-order chi connectivity index (χ0) is 34.1. The maximum absolute atomic E-state index is 14.2. The van der Waals surface area contributed by atoms with Crippen LogP contribution >= 0.6 is 15.2 Å². The van der Waals surface area contributed by atoms with Crippen LogP contribution in [0.4, 0.5) is 0 Å². The fourth-order valence-corrected chi connectivity index (χ4v) is 9.37. The Kier molecular flexibility index (Phi) is 12.1. The third kappa shape index (κ3) is 8.56. The summed E-state index contributed by atoms with van der Waals surface area (Å²) in [5, 5.41) is 1.80. The Labute approximate surface area is 279 Å². The molecule has 47 heavy (non-hydrogen) atoms. The average molecular weight is 664 g/mol. The van der Waals surface area contributed by atoms with Crippen LogP contribution in [0.25, 0.3) is 0 Å². The number of carbonyl (C=O) groups is 2.